The van der Waals surface area contributed by atoms with Crippen LogP contribution in [0, 0.1) is 5.41 Å². The summed E-state index contributed by atoms with van der Waals surface area (Å²) in [7, 11) is 0. The highest BCUT2D eigenvalue weighted by molar-refractivity contribution is 9.10. The maximum atomic E-state index is 12.5. The van der Waals surface area contributed by atoms with E-state index in [0.717, 1.165) is 21.4 Å². The Morgan fingerprint density at radius 2 is 1.90 bits per heavy atom. The Hall–Kier alpha value is -1.69. The van der Waals surface area contributed by atoms with E-state index < -0.39 is 17.4 Å². The van der Waals surface area contributed by atoms with Gasteiger partial charge in [0.1, 0.15) is 5.41 Å². The van der Waals surface area contributed by atoms with Crippen molar-refractivity contribution in [2.75, 3.05) is 0 Å². The van der Waals surface area contributed by atoms with Gasteiger partial charge in [0.25, 0.3) is 0 Å². The van der Waals surface area contributed by atoms with E-state index >= 15 is 0 Å². The summed E-state index contributed by atoms with van der Waals surface area (Å²) in [5.74, 6) is -0.810. The topological polar surface area (TPSA) is 66.5 Å². The molecule has 1 spiro atoms. The molecule has 1 saturated heterocycles. The number of hydrogen-bond donors (Lipinski definition) is 1. The Labute approximate surface area is 124 Å². The van der Waals surface area contributed by atoms with Crippen LogP contribution in [0.3, 0.4) is 0 Å². The Morgan fingerprint density at radius 3 is 2.50 bits per heavy atom. The summed E-state index contributed by atoms with van der Waals surface area (Å²) in [5.41, 5.74) is -0.172. The van der Waals surface area contributed by atoms with E-state index in [1.54, 1.807) is 0 Å². The standard InChI is InChI=1S/C14H13BrN2O3/c15-10-5-2-1-4-9(10)8-17-12(19)14(6-3-7-14)11(18)16-13(17)20/h1-2,4-5H,3,6-8H2,(H,16,18,20). The van der Waals surface area contributed by atoms with Crippen molar-refractivity contribution in [2.24, 2.45) is 5.41 Å². The molecule has 1 aromatic carbocycles. The summed E-state index contributed by atoms with van der Waals surface area (Å²) in [6, 6.07) is 6.77. The molecule has 5 nitrogen and oxygen atoms in total. The molecule has 6 heteroatoms. The van der Waals surface area contributed by atoms with Crippen molar-refractivity contribution < 1.29 is 14.4 Å². The maximum Gasteiger partial charge on any atom is 0.331 e. The fraction of sp³-hybridized carbons (Fsp3) is 0.357. The molecule has 2 aliphatic rings. The first-order chi connectivity index (χ1) is 9.54. The lowest BCUT2D eigenvalue weighted by atomic mass is 9.66. The number of benzene rings is 1. The van der Waals surface area contributed by atoms with Gasteiger partial charge >= 0.3 is 6.03 Å². The molecule has 1 heterocycles. The SMILES string of the molecule is O=C1NC(=O)C2(CCC2)C(=O)N1Cc1ccccc1Br. The van der Waals surface area contributed by atoms with Gasteiger partial charge in [-0.3, -0.25) is 19.8 Å². The number of nitrogens with zero attached hydrogens (tertiary/aromatic N) is 1. The Bertz CT molecular complexity index is 610. The van der Waals surface area contributed by atoms with Gasteiger partial charge in [0, 0.05) is 4.47 Å². The van der Waals surface area contributed by atoms with Gasteiger partial charge in [-0.05, 0) is 24.5 Å². The number of rotatable bonds is 2. The quantitative estimate of drug-likeness (QED) is 0.842. The van der Waals surface area contributed by atoms with E-state index in [0.29, 0.717) is 12.8 Å². The van der Waals surface area contributed by atoms with Gasteiger partial charge in [0.05, 0.1) is 6.54 Å². The molecule has 20 heavy (non-hydrogen) atoms. The Morgan fingerprint density at radius 1 is 1.20 bits per heavy atom. The van der Waals surface area contributed by atoms with E-state index in [2.05, 4.69) is 21.2 Å². The van der Waals surface area contributed by atoms with Crippen molar-refractivity contribution in [1.29, 1.82) is 0 Å². The normalized spacial score (nSPS) is 20.9. The Kier molecular flexibility index (Phi) is 3.12. The number of carbonyl (C=O) groups is 3. The molecule has 104 valence electrons. The average Bonchev–Trinajstić information content (AvgIpc) is 2.34. The monoisotopic (exact) mass is 336 g/mol. The van der Waals surface area contributed by atoms with Gasteiger partial charge in [-0.15, -0.1) is 0 Å². The smallest absolute Gasteiger partial charge is 0.277 e. The average molecular weight is 337 g/mol. The van der Waals surface area contributed by atoms with Gasteiger partial charge in [-0.2, -0.15) is 0 Å². The molecule has 3 rings (SSSR count). The minimum atomic E-state index is -1.00. The van der Waals surface area contributed by atoms with Crippen LogP contribution in [0.15, 0.2) is 28.7 Å². The third-order valence-corrected chi connectivity index (χ3v) is 4.82. The molecular weight excluding hydrogens is 324 g/mol. The van der Waals surface area contributed by atoms with Crippen LogP contribution in [0.2, 0.25) is 0 Å². The summed E-state index contributed by atoms with van der Waals surface area (Å²) in [6.45, 7) is 0.168. The van der Waals surface area contributed by atoms with E-state index in [9.17, 15) is 14.4 Å². The molecular formula is C14H13BrN2O3. The van der Waals surface area contributed by atoms with Crippen molar-refractivity contribution in [3.63, 3.8) is 0 Å². The molecule has 1 saturated carbocycles. The van der Waals surface area contributed by atoms with E-state index in [1.165, 1.54) is 0 Å². The highest BCUT2D eigenvalue weighted by Gasteiger charge is 2.57. The molecule has 4 amide bonds. The summed E-state index contributed by atoms with van der Waals surface area (Å²) < 4.78 is 0.833. The number of carbonyl (C=O) groups excluding carboxylic acids is 3. The number of hydrogen-bond acceptors (Lipinski definition) is 3. The van der Waals surface area contributed by atoms with Crippen molar-refractivity contribution >= 4 is 33.8 Å². The first-order valence-electron chi connectivity index (χ1n) is 6.45. The van der Waals surface area contributed by atoms with Gasteiger partial charge < -0.3 is 0 Å². The zero-order valence-electron chi connectivity index (χ0n) is 10.7. The summed E-state index contributed by atoms with van der Waals surface area (Å²) >= 11 is 3.40. The fourth-order valence-electron chi connectivity index (χ4n) is 2.64. The van der Waals surface area contributed by atoms with Crippen molar-refractivity contribution in [3.8, 4) is 0 Å². The number of barbiturate groups is 1. The lowest BCUT2D eigenvalue weighted by Crippen LogP contribution is -2.65. The maximum absolute atomic E-state index is 12.5. The van der Waals surface area contributed by atoms with Crippen molar-refractivity contribution in [2.45, 2.75) is 25.8 Å². The highest BCUT2D eigenvalue weighted by atomic mass is 79.9. The second-order valence-corrected chi connectivity index (χ2v) is 6.03. The largest absolute Gasteiger partial charge is 0.331 e. The van der Waals surface area contributed by atoms with Crippen LogP contribution in [0.4, 0.5) is 4.79 Å². The zero-order valence-corrected chi connectivity index (χ0v) is 12.3. The zero-order chi connectivity index (χ0) is 14.3. The van der Waals surface area contributed by atoms with Crippen LogP contribution >= 0.6 is 15.9 Å². The van der Waals surface area contributed by atoms with Crippen LogP contribution in [-0.2, 0) is 16.1 Å². The van der Waals surface area contributed by atoms with E-state index in [1.807, 2.05) is 24.3 Å². The van der Waals surface area contributed by atoms with Gasteiger partial charge in [0.2, 0.25) is 11.8 Å². The third-order valence-electron chi connectivity index (χ3n) is 4.05. The minimum absolute atomic E-state index is 0.168. The van der Waals surface area contributed by atoms with Crippen LogP contribution in [0.5, 0.6) is 0 Å². The summed E-state index contributed by atoms with van der Waals surface area (Å²) in [6.07, 6.45) is 1.89. The summed E-state index contributed by atoms with van der Waals surface area (Å²) in [5, 5.41) is 2.30. The van der Waals surface area contributed by atoms with Gasteiger partial charge in [-0.25, -0.2) is 4.79 Å². The molecule has 0 atom stereocenters. The van der Waals surface area contributed by atoms with Crippen molar-refractivity contribution in [3.05, 3.63) is 34.3 Å². The number of halogens is 1. The van der Waals surface area contributed by atoms with E-state index in [-0.39, 0.29) is 12.5 Å². The second-order valence-electron chi connectivity index (χ2n) is 5.18. The van der Waals surface area contributed by atoms with Crippen molar-refractivity contribution in [1.82, 2.24) is 10.2 Å². The first-order valence-corrected chi connectivity index (χ1v) is 7.25. The predicted octanol–water partition coefficient (Wildman–Crippen LogP) is 2.20. The molecule has 1 aliphatic carbocycles. The van der Waals surface area contributed by atoms with Crippen LogP contribution in [0.1, 0.15) is 24.8 Å². The lowest BCUT2D eigenvalue weighted by Gasteiger charge is -2.44. The summed E-state index contributed by atoms with van der Waals surface area (Å²) in [4.78, 5) is 37.4. The molecule has 1 aromatic rings. The molecule has 0 radical (unpaired) electrons. The molecule has 1 aliphatic heterocycles. The number of urea groups is 1. The molecule has 2 fully saturated rings. The van der Waals surface area contributed by atoms with Crippen LogP contribution in [-0.4, -0.2) is 22.7 Å². The van der Waals surface area contributed by atoms with Crippen LogP contribution < -0.4 is 5.32 Å². The van der Waals surface area contributed by atoms with Gasteiger partial charge in [-0.1, -0.05) is 40.5 Å². The molecule has 1 N–H and O–H groups in total. The third kappa shape index (κ3) is 1.86. The fourth-order valence-corrected chi connectivity index (χ4v) is 3.05. The number of imide groups is 2. The highest BCUT2D eigenvalue weighted by Crippen LogP contribution is 2.44. The predicted molar refractivity (Wildman–Crippen MR) is 74.5 cm³/mol. The number of nitrogens with one attached hydrogen (secondary N) is 1. The minimum Gasteiger partial charge on any atom is -0.277 e. The Balaban J connectivity index is 1.89. The molecule has 0 unspecified atom stereocenters. The van der Waals surface area contributed by atoms with Gasteiger partial charge in [0.15, 0.2) is 0 Å². The van der Waals surface area contributed by atoms with E-state index in [4.69, 9.17) is 0 Å². The molecule has 0 aromatic heterocycles. The van der Waals surface area contributed by atoms with Crippen LogP contribution in [0.25, 0.3) is 0 Å². The first kappa shape index (κ1) is 13.3. The number of amides is 4. The molecule has 0 bridgehead atoms. The lowest BCUT2D eigenvalue weighted by molar-refractivity contribution is -0.158. The second kappa shape index (κ2) is 4.70.